The van der Waals surface area contributed by atoms with Crippen molar-refractivity contribution in [1.82, 2.24) is 16.0 Å². The fourth-order valence-electron chi connectivity index (χ4n) is 1.70. The highest BCUT2D eigenvalue weighted by Crippen LogP contribution is 2.18. The van der Waals surface area contributed by atoms with Crippen molar-refractivity contribution in [3.8, 4) is 0 Å². The number of urea groups is 1. The smallest absolute Gasteiger partial charge is 0.315 e. The second-order valence-electron chi connectivity index (χ2n) is 4.80. The van der Waals surface area contributed by atoms with Gasteiger partial charge in [-0.3, -0.25) is 4.79 Å². The second kappa shape index (κ2) is 6.22. The van der Waals surface area contributed by atoms with E-state index in [0.29, 0.717) is 24.7 Å². The van der Waals surface area contributed by atoms with Gasteiger partial charge >= 0.3 is 6.03 Å². The molecule has 0 spiro atoms. The number of carbonyl (C=O) groups excluding carboxylic acids is 2. The number of benzene rings is 1. The molecule has 0 unspecified atom stereocenters. The molecule has 1 aromatic carbocycles. The SMILES string of the molecule is Cc1cccc(C(=O)NCCNC(=O)NC2CC2)c1. The molecule has 1 saturated carbocycles. The Morgan fingerprint density at radius 3 is 2.63 bits per heavy atom. The van der Waals surface area contributed by atoms with Crippen LogP contribution >= 0.6 is 0 Å². The van der Waals surface area contributed by atoms with Gasteiger partial charge in [-0.25, -0.2) is 4.79 Å². The number of hydrogen-bond donors (Lipinski definition) is 3. The van der Waals surface area contributed by atoms with Crippen LogP contribution in [0.1, 0.15) is 28.8 Å². The lowest BCUT2D eigenvalue weighted by Gasteiger charge is -2.08. The molecule has 0 radical (unpaired) electrons. The van der Waals surface area contributed by atoms with E-state index < -0.39 is 0 Å². The molecule has 0 aliphatic heterocycles. The lowest BCUT2D eigenvalue weighted by Crippen LogP contribution is -2.41. The Kier molecular flexibility index (Phi) is 4.39. The molecular weight excluding hydrogens is 242 g/mol. The van der Waals surface area contributed by atoms with E-state index in [1.165, 1.54) is 0 Å². The minimum atomic E-state index is -0.160. The maximum absolute atomic E-state index is 11.8. The van der Waals surface area contributed by atoms with Crippen LogP contribution in [0.2, 0.25) is 0 Å². The molecule has 0 saturated heterocycles. The molecule has 0 heterocycles. The molecule has 5 heteroatoms. The van der Waals surface area contributed by atoms with Crippen molar-refractivity contribution in [2.24, 2.45) is 0 Å². The Labute approximate surface area is 112 Å². The van der Waals surface area contributed by atoms with Crippen molar-refractivity contribution < 1.29 is 9.59 Å². The van der Waals surface area contributed by atoms with E-state index >= 15 is 0 Å². The van der Waals surface area contributed by atoms with Crippen LogP contribution in [0.25, 0.3) is 0 Å². The third-order valence-corrected chi connectivity index (χ3v) is 2.89. The van der Waals surface area contributed by atoms with Crippen molar-refractivity contribution in [1.29, 1.82) is 0 Å². The molecule has 0 atom stereocenters. The molecule has 102 valence electrons. The minimum Gasteiger partial charge on any atom is -0.350 e. The third kappa shape index (κ3) is 4.62. The van der Waals surface area contributed by atoms with Crippen molar-refractivity contribution in [3.63, 3.8) is 0 Å². The summed E-state index contributed by atoms with van der Waals surface area (Å²) in [7, 11) is 0. The Balaban J connectivity index is 1.64. The first-order chi connectivity index (χ1) is 9.15. The zero-order valence-corrected chi connectivity index (χ0v) is 11.0. The summed E-state index contributed by atoms with van der Waals surface area (Å²) in [5, 5.41) is 8.29. The number of hydrogen-bond acceptors (Lipinski definition) is 2. The largest absolute Gasteiger partial charge is 0.350 e. The predicted molar refractivity (Wildman–Crippen MR) is 73.1 cm³/mol. The zero-order chi connectivity index (χ0) is 13.7. The monoisotopic (exact) mass is 261 g/mol. The Morgan fingerprint density at radius 1 is 1.21 bits per heavy atom. The van der Waals surface area contributed by atoms with Crippen LogP contribution in [-0.2, 0) is 0 Å². The van der Waals surface area contributed by atoms with E-state index in [1.54, 1.807) is 6.07 Å². The second-order valence-corrected chi connectivity index (χ2v) is 4.80. The van der Waals surface area contributed by atoms with Gasteiger partial charge in [-0.15, -0.1) is 0 Å². The Morgan fingerprint density at radius 2 is 1.95 bits per heavy atom. The molecule has 3 N–H and O–H groups in total. The maximum atomic E-state index is 11.8. The molecule has 0 bridgehead atoms. The van der Waals surface area contributed by atoms with E-state index in [4.69, 9.17) is 0 Å². The lowest BCUT2D eigenvalue weighted by atomic mass is 10.1. The fourth-order valence-corrected chi connectivity index (χ4v) is 1.70. The van der Waals surface area contributed by atoms with Crippen molar-refractivity contribution in [2.45, 2.75) is 25.8 Å². The summed E-state index contributed by atoms with van der Waals surface area (Å²) in [4.78, 5) is 23.1. The number of amides is 3. The third-order valence-electron chi connectivity index (χ3n) is 2.89. The Bertz CT molecular complexity index is 470. The maximum Gasteiger partial charge on any atom is 0.315 e. The molecule has 1 aromatic rings. The van der Waals surface area contributed by atoms with E-state index in [9.17, 15) is 9.59 Å². The lowest BCUT2D eigenvalue weighted by molar-refractivity contribution is 0.0953. The normalized spacial score (nSPS) is 13.7. The van der Waals surface area contributed by atoms with Gasteiger partial charge in [0.05, 0.1) is 0 Å². The van der Waals surface area contributed by atoms with Crippen LogP contribution in [0.15, 0.2) is 24.3 Å². The summed E-state index contributed by atoms with van der Waals surface area (Å²) < 4.78 is 0. The molecular formula is C14H19N3O2. The van der Waals surface area contributed by atoms with Crippen LogP contribution in [-0.4, -0.2) is 31.1 Å². The number of carbonyl (C=O) groups is 2. The van der Waals surface area contributed by atoms with Gasteiger partial charge in [0.2, 0.25) is 0 Å². The first-order valence-electron chi connectivity index (χ1n) is 6.54. The molecule has 19 heavy (non-hydrogen) atoms. The van der Waals surface area contributed by atoms with E-state index in [-0.39, 0.29) is 11.9 Å². The minimum absolute atomic E-state index is 0.117. The number of nitrogens with one attached hydrogen (secondary N) is 3. The molecule has 1 aliphatic carbocycles. The highest BCUT2D eigenvalue weighted by atomic mass is 16.2. The molecule has 1 fully saturated rings. The number of rotatable bonds is 5. The van der Waals surface area contributed by atoms with Crippen molar-refractivity contribution in [3.05, 3.63) is 35.4 Å². The van der Waals surface area contributed by atoms with E-state index in [0.717, 1.165) is 18.4 Å². The average molecular weight is 261 g/mol. The van der Waals surface area contributed by atoms with E-state index in [2.05, 4.69) is 16.0 Å². The molecule has 3 amide bonds. The average Bonchev–Trinajstić information content (AvgIpc) is 3.18. The summed E-state index contributed by atoms with van der Waals surface area (Å²) in [6.07, 6.45) is 2.13. The van der Waals surface area contributed by atoms with E-state index in [1.807, 2.05) is 25.1 Å². The summed E-state index contributed by atoms with van der Waals surface area (Å²) in [6.45, 7) is 2.79. The summed E-state index contributed by atoms with van der Waals surface area (Å²) >= 11 is 0. The van der Waals surface area contributed by atoms with Gasteiger partial charge in [-0.1, -0.05) is 17.7 Å². The van der Waals surface area contributed by atoms with Gasteiger partial charge in [0.15, 0.2) is 0 Å². The quantitative estimate of drug-likeness (QED) is 0.697. The fraction of sp³-hybridized carbons (Fsp3) is 0.429. The van der Waals surface area contributed by atoms with Crippen LogP contribution < -0.4 is 16.0 Å². The summed E-state index contributed by atoms with van der Waals surface area (Å²) in [6, 6.07) is 7.60. The highest BCUT2D eigenvalue weighted by Gasteiger charge is 2.22. The van der Waals surface area contributed by atoms with Crippen LogP contribution in [0.5, 0.6) is 0 Å². The Hall–Kier alpha value is -2.04. The van der Waals surface area contributed by atoms with Gasteiger partial charge in [-0.2, -0.15) is 0 Å². The van der Waals surface area contributed by atoms with Crippen LogP contribution in [0.4, 0.5) is 4.79 Å². The molecule has 5 nitrogen and oxygen atoms in total. The van der Waals surface area contributed by atoms with Crippen LogP contribution in [0, 0.1) is 6.92 Å². The first-order valence-corrected chi connectivity index (χ1v) is 6.54. The van der Waals surface area contributed by atoms with Crippen molar-refractivity contribution >= 4 is 11.9 Å². The van der Waals surface area contributed by atoms with Gasteiger partial charge in [0.1, 0.15) is 0 Å². The zero-order valence-electron chi connectivity index (χ0n) is 11.0. The first kappa shape index (κ1) is 13.4. The summed E-state index contributed by atoms with van der Waals surface area (Å²) in [5.41, 5.74) is 1.69. The molecule has 2 rings (SSSR count). The van der Waals surface area contributed by atoms with Gasteiger partial charge < -0.3 is 16.0 Å². The predicted octanol–water partition coefficient (Wildman–Crippen LogP) is 1.19. The van der Waals surface area contributed by atoms with Gasteiger partial charge in [-0.05, 0) is 31.9 Å². The highest BCUT2D eigenvalue weighted by molar-refractivity contribution is 5.94. The summed E-state index contributed by atoms with van der Waals surface area (Å²) in [5.74, 6) is -0.117. The van der Waals surface area contributed by atoms with Gasteiger partial charge in [0.25, 0.3) is 5.91 Å². The topological polar surface area (TPSA) is 70.2 Å². The van der Waals surface area contributed by atoms with Crippen LogP contribution in [0.3, 0.4) is 0 Å². The number of aryl methyl sites for hydroxylation is 1. The van der Waals surface area contributed by atoms with Gasteiger partial charge in [0, 0.05) is 24.7 Å². The molecule has 1 aliphatic rings. The molecule has 0 aromatic heterocycles. The van der Waals surface area contributed by atoms with Crippen molar-refractivity contribution in [2.75, 3.05) is 13.1 Å². The standard InChI is InChI=1S/C14H19N3O2/c1-10-3-2-4-11(9-10)13(18)15-7-8-16-14(19)17-12-5-6-12/h2-4,9,12H,5-8H2,1H3,(H,15,18)(H2,16,17,19).